The van der Waals surface area contributed by atoms with Gasteiger partial charge < -0.3 is 9.72 Å². The number of carbonyl (C=O) groups excluding carboxylic acids is 1. The van der Waals surface area contributed by atoms with Gasteiger partial charge in [0.1, 0.15) is 6.61 Å². The third-order valence-electron chi connectivity index (χ3n) is 4.42. The number of aromatic amines is 1. The molecule has 1 heterocycles. The number of carbonyl (C=O) groups is 1. The molecule has 3 rings (SSSR count). The van der Waals surface area contributed by atoms with E-state index in [0.717, 1.165) is 22.0 Å². The number of pyridine rings is 1. The number of esters is 1. The lowest BCUT2D eigenvalue weighted by Crippen LogP contribution is -2.16. The summed E-state index contributed by atoms with van der Waals surface area (Å²) in [5, 5.41) is 0.921. The second-order valence-electron chi connectivity index (χ2n) is 7.62. The number of hydrogen-bond donors (Lipinski definition) is 1. The molecule has 0 amide bonds. The van der Waals surface area contributed by atoms with Crippen LogP contribution in [-0.2, 0) is 16.8 Å². The fraction of sp³-hybridized carbons (Fsp3) is 0.273. The smallest absolute Gasteiger partial charge is 0.338 e. The van der Waals surface area contributed by atoms with Crippen LogP contribution in [0.15, 0.2) is 53.3 Å². The van der Waals surface area contributed by atoms with Gasteiger partial charge in [0.25, 0.3) is 5.56 Å². The van der Waals surface area contributed by atoms with Crippen molar-refractivity contribution < 1.29 is 9.53 Å². The van der Waals surface area contributed by atoms with E-state index < -0.39 is 5.97 Å². The fourth-order valence-corrected chi connectivity index (χ4v) is 2.81. The highest BCUT2D eigenvalue weighted by Crippen LogP contribution is 2.22. The Labute approximate surface area is 152 Å². The molecule has 0 unspecified atom stereocenters. The van der Waals surface area contributed by atoms with Crippen LogP contribution in [0.5, 0.6) is 0 Å². The average molecular weight is 349 g/mol. The maximum Gasteiger partial charge on any atom is 0.338 e. The second kappa shape index (κ2) is 6.79. The van der Waals surface area contributed by atoms with Crippen molar-refractivity contribution >= 4 is 16.9 Å². The number of hydrogen-bond acceptors (Lipinski definition) is 3. The number of aromatic nitrogens is 1. The molecular formula is C22H23NO3. The van der Waals surface area contributed by atoms with Crippen LogP contribution in [0.4, 0.5) is 0 Å². The lowest BCUT2D eigenvalue weighted by molar-refractivity contribution is 0.0471. The summed E-state index contributed by atoms with van der Waals surface area (Å²) in [5.41, 5.74) is 3.72. The van der Waals surface area contributed by atoms with Crippen molar-refractivity contribution in [3.63, 3.8) is 0 Å². The van der Waals surface area contributed by atoms with Gasteiger partial charge in [-0.25, -0.2) is 4.79 Å². The van der Waals surface area contributed by atoms with E-state index in [4.69, 9.17) is 4.74 Å². The normalized spacial score (nSPS) is 11.5. The van der Waals surface area contributed by atoms with E-state index in [2.05, 4.69) is 25.8 Å². The molecule has 0 spiro atoms. The van der Waals surface area contributed by atoms with Gasteiger partial charge >= 0.3 is 5.97 Å². The number of rotatable bonds is 3. The largest absolute Gasteiger partial charge is 0.457 e. The number of H-pyrrole nitrogens is 1. The average Bonchev–Trinajstić information content (AvgIpc) is 2.59. The van der Waals surface area contributed by atoms with Crippen molar-refractivity contribution in [3.8, 4) is 0 Å². The van der Waals surface area contributed by atoms with Gasteiger partial charge in [-0.15, -0.1) is 0 Å². The highest BCUT2D eigenvalue weighted by Gasteiger charge is 2.15. The lowest BCUT2D eigenvalue weighted by Gasteiger charge is -2.18. The van der Waals surface area contributed by atoms with E-state index in [1.165, 1.54) is 0 Å². The molecule has 1 N–H and O–H groups in total. The molecule has 2 aromatic carbocycles. The summed E-state index contributed by atoms with van der Waals surface area (Å²) in [5.74, 6) is -0.436. The van der Waals surface area contributed by atoms with Gasteiger partial charge in [-0.1, -0.05) is 44.5 Å². The predicted octanol–water partition coefficient (Wildman–Crippen LogP) is 4.49. The molecular weight excluding hydrogens is 326 g/mol. The summed E-state index contributed by atoms with van der Waals surface area (Å²) in [4.78, 5) is 27.3. The maximum atomic E-state index is 12.3. The van der Waals surface area contributed by atoms with Crippen LogP contribution in [0, 0.1) is 6.92 Å². The Bertz CT molecular complexity index is 1010. The number of nitrogens with one attached hydrogen (secondary N) is 1. The molecule has 0 aliphatic rings. The Kier molecular flexibility index (Phi) is 4.68. The van der Waals surface area contributed by atoms with Gasteiger partial charge in [-0.2, -0.15) is 0 Å². The predicted molar refractivity (Wildman–Crippen MR) is 104 cm³/mol. The number of fused-ring (bicyclic) bond motifs is 1. The highest BCUT2D eigenvalue weighted by atomic mass is 16.5. The van der Waals surface area contributed by atoms with E-state index in [1.54, 1.807) is 18.2 Å². The molecule has 0 saturated carbocycles. The van der Waals surface area contributed by atoms with Crippen molar-refractivity contribution in [2.75, 3.05) is 0 Å². The fourth-order valence-electron chi connectivity index (χ4n) is 2.81. The summed E-state index contributed by atoms with van der Waals surface area (Å²) in [7, 11) is 0. The van der Waals surface area contributed by atoms with Crippen molar-refractivity contribution in [1.29, 1.82) is 0 Å². The summed E-state index contributed by atoms with van der Waals surface area (Å²) in [6, 6.07) is 15.0. The Hall–Kier alpha value is -2.88. The van der Waals surface area contributed by atoms with Crippen LogP contribution in [0.1, 0.15) is 47.8 Å². The summed E-state index contributed by atoms with van der Waals surface area (Å²) in [6.07, 6.45) is 0. The molecule has 4 nitrogen and oxygen atoms in total. The zero-order valence-corrected chi connectivity index (χ0v) is 15.6. The van der Waals surface area contributed by atoms with E-state index in [1.807, 2.05) is 37.3 Å². The van der Waals surface area contributed by atoms with Gasteiger partial charge in [-0.3, -0.25) is 4.79 Å². The summed E-state index contributed by atoms with van der Waals surface area (Å²) in [6.45, 7) is 8.29. The quantitative estimate of drug-likeness (QED) is 0.709. The standard InChI is InChI=1S/C22H23NO3/c1-14-5-10-19-16(11-14)12-17(20(24)23-19)13-26-21(25)15-6-8-18(9-7-15)22(2,3)4/h5-12H,13H2,1-4H3,(H,23,24). The summed E-state index contributed by atoms with van der Waals surface area (Å²) >= 11 is 0. The molecule has 0 aliphatic heterocycles. The lowest BCUT2D eigenvalue weighted by atomic mass is 9.87. The van der Waals surface area contributed by atoms with Gasteiger partial charge in [-0.05, 0) is 53.6 Å². The van der Waals surface area contributed by atoms with Crippen molar-refractivity contribution in [1.82, 2.24) is 4.98 Å². The monoisotopic (exact) mass is 349 g/mol. The minimum Gasteiger partial charge on any atom is -0.457 e. The SMILES string of the molecule is Cc1ccc2[nH]c(=O)c(COC(=O)c3ccc(C(C)(C)C)cc3)cc2c1. The van der Waals surface area contributed by atoms with Crippen LogP contribution in [0.3, 0.4) is 0 Å². The molecule has 0 bridgehead atoms. The molecule has 1 aromatic heterocycles. The minimum absolute atomic E-state index is 0.0267. The number of benzene rings is 2. The van der Waals surface area contributed by atoms with E-state index in [0.29, 0.717) is 11.1 Å². The van der Waals surface area contributed by atoms with Gasteiger partial charge in [0.15, 0.2) is 0 Å². The molecule has 4 heteroatoms. The second-order valence-corrected chi connectivity index (χ2v) is 7.62. The zero-order valence-electron chi connectivity index (χ0n) is 15.6. The molecule has 134 valence electrons. The first-order valence-corrected chi connectivity index (χ1v) is 8.64. The molecule has 0 radical (unpaired) electrons. The first kappa shape index (κ1) is 17.9. The van der Waals surface area contributed by atoms with Crippen LogP contribution in [-0.4, -0.2) is 11.0 Å². The summed E-state index contributed by atoms with van der Waals surface area (Å²) < 4.78 is 5.34. The van der Waals surface area contributed by atoms with E-state index >= 15 is 0 Å². The number of ether oxygens (including phenoxy) is 1. The zero-order chi connectivity index (χ0) is 18.9. The van der Waals surface area contributed by atoms with Crippen molar-refractivity contribution in [3.05, 3.63) is 81.1 Å². The first-order valence-electron chi connectivity index (χ1n) is 8.64. The van der Waals surface area contributed by atoms with Gasteiger partial charge in [0.2, 0.25) is 0 Å². The van der Waals surface area contributed by atoms with Crippen LogP contribution < -0.4 is 5.56 Å². The third kappa shape index (κ3) is 3.85. The Morgan fingerprint density at radius 1 is 1.04 bits per heavy atom. The minimum atomic E-state index is -0.436. The van der Waals surface area contributed by atoms with E-state index in [-0.39, 0.29) is 17.6 Å². The van der Waals surface area contributed by atoms with E-state index in [9.17, 15) is 9.59 Å². The molecule has 0 fully saturated rings. The van der Waals surface area contributed by atoms with Crippen LogP contribution in [0.25, 0.3) is 10.9 Å². The first-order chi connectivity index (χ1) is 12.2. The maximum absolute atomic E-state index is 12.3. The molecule has 3 aromatic rings. The third-order valence-corrected chi connectivity index (χ3v) is 4.42. The van der Waals surface area contributed by atoms with Crippen LogP contribution in [0.2, 0.25) is 0 Å². The Morgan fingerprint density at radius 3 is 2.38 bits per heavy atom. The molecule has 0 aliphatic carbocycles. The van der Waals surface area contributed by atoms with Crippen molar-refractivity contribution in [2.24, 2.45) is 0 Å². The highest BCUT2D eigenvalue weighted by molar-refractivity contribution is 5.89. The van der Waals surface area contributed by atoms with Crippen LogP contribution >= 0.6 is 0 Å². The van der Waals surface area contributed by atoms with Crippen molar-refractivity contribution in [2.45, 2.75) is 39.7 Å². The Balaban J connectivity index is 1.76. The Morgan fingerprint density at radius 2 is 1.73 bits per heavy atom. The number of aryl methyl sites for hydroxylation is 1. The molecule has 0 atom stereocenters. The molecule has 26 heavy (non-hydrogen) atoms. The van der Waals surface area contributed by atoms with Gasteiger partial charge in [0.05, 0.1) is 11.1 Å². The topological polar surface area (TPSA) is 59.2 Å². The molecule has 0 saturated heterocycles. The van der Waals surface area contributed by atoms with Gasteiger partial charge in [0, 0.05) is 5.52 Å².